The number of halogens is 1. The molecule has 3 rings (SSSR count). The predicted molar refractivity (Wildman–Crippen MR) is 112 cm³/mol. The Morgan fingerprint density at radius 1 is 1.24 bits per heavy atom. The SMILES string of the molecule is CCn1c(Cc2ccccc2)nnc1SCC(=O)Nc1ccc([N+](=O)[O-])cc1Cl. The first kappa shape index (κ1) is 20.8. The average Bonchev–Trinajstić information content (AvgIpc) is 3.10. The minimum absolute atomic E-state index is 0.108. The van der Waals surface area contributed by atoms with Crippen LogP contribution in [0.3, 0.4) is 0 Å². The zero-order valence-corrected chi connectivity index (χ0v) is 17.1. The third kappa shape index (κ3) is 5.33. The Morgan fingerprint density at radius 2 is 2.00 bits per heavy atom. The number of nitrogens with one attached hydrogen (secondary N) is 1. The van der Waals surface area contributed by atoms with Crippen molar-refractivity contribution >= 4 is 40.6 Å². The topological polar surface area (TPSA) is 103 Å². The Hall–Kier alpha value is -2.91. The van der Waals surface area contributed by atoms with Crippen LogP contribution in [0.1, 0.15) is 18.3 Å². The normalized spacial score (nSPS) is 10.7. The average molecular weight is 432 g/mol. The van der Waals surface area contributed by atoms with Gasteiger partial charge in [0.1, 0.15) is 5.82 Å². The number of amides is 1. The second-order valence-electron chi connectivity index (χ2n) is 6.06. The van der Waals surface area contributed by atoms with Gasteiger partial charge in [-0.3, -0.25) is 14.9 Å². The molecule has 1 N–H and O–H groups in total. The molecule has 0 spiro atoms. The maximum atomic E-state index is 12.3. The number of aromatic nitrogens is 3. The monoisotopic (exact) mass is 431 g/mol. The standard InChI is InChI=1S/C19H18ClN5O3S/c1-2-24-17(10-13-6-4-3-5-7-13)22-23-19(24)29-12-18(26)21-16-9-8-14(25(27)28)11-15(16)20/h3-9,11H,2,10,12H2,1H3,(H,21,26). The van der Waals surface area contributed by atoms with E-state index < -0.39 is 4.92 Å². The molecule has 0 atom stereocenters. The number of benzene rings is 2. The van der Waals surface area contributed by atoms with Gasteiger partial charge < -0.3 is 9.88 Å². The second kappa shape index (κ2) is 9.53. The first-order valence-electron chi connectivity index (χ1n) is 8.80. The summed E-state index contributed by atoms with van der Waals surface area (Å²) in [6.07, 6.45) is 0.660. The van der Waals surface area contributed by atoms with Crippen LogP contribution in [-0.2, 0) is 17.8 Å². The van der Waals surface area contributed by atoms with Gasteiger partial charge in [-0.05, 0) is 18.6 Å². The van der Waals surface area contributed by atoms with Gasteiger partial charge in [0, 0.05) is 25.1 Å². The summed E-state index contributed by atoms with van der Waals surface area (Å²) >= 11 is 7.28. The molecule has 0 aliphatic carbocycles. The summed E-state index contributed by atoms with van der Waals surface area (Å²) in [7, 11) is 0. The second-order valence-corrected chi connectivity index (χ2v) is 7.41. The van der Waals surface area contributed by atoms with Gasteiger partial charge in [-0.1, -0.05) is 53.7 Å². The highest BCUT2D eigenvalue weighted by Crippen LogP contribution is 2.27. The molecule has 10 heteroatoms. The molecule has 0 saturated carbocycles. The number of thioether (sulfide) groups is 1. The number of hydrogen-bond acceptors (Lipinski definition) is 6. The highest BCUT2D eigenvalue weighted by molar-refractivity contribution is 7.99. The lowest BCUT2D eigenvalue weighted by Crippen LogP contribution is -2.15. The quantitative estimate of drug-likeness (QED) is 0.326. The van der Waals surface area contributed by atoms with E-state index >= 15 is 0 Å². The van der Waals surface area contributed by atoms with Crippen molar-refractivity contribution in [2.45, 2.75) is 25.0 Å². The Labute approximate surface area is 176 Å². The Balaban J connectivity index is 1.62. The van der Waals surface area contributed by atoms with Crippen LogP contribution in [0.2, 0.25) is 5.02 Å². The highest BCUT2D eigenvalue weighted by Gasteiger charge is 2.15. The molecule has 29 heavy (non-hydrogen) atoms. The highest BCUT2D eigenvalue weighted by atomic mass is 35.5. The van der Waals surface area contributed by atoms with E-state index in [9.17, 15) is 14.9 Å². The molecule has 1 heterocycles. The molecule has 0 bridgehead atoms. The third-order valence-corrected chi connectivity index (χ3v) is 5.36. The number of nitro benzene ring substituents is 1. The van der Waals surface area contributed by atoms with E-state index in [-0.39, 0.29) is 22.4 Å². The van der Waals surface area contributed by atoms with Crippen LogP contribution >= 0.6 is 23.4 Å². The summed E-state index contributed by atoms with van der Waals surface area (Å²) in [6, 6.07) is 13.9. The van der Waals surface area contributed by atoms with Crippen molar-refractivity contribution in [3.63, 3.8) is 0 Å². The van der Waals surface area contributed by atoms with E-state index in [1.165, 1.54) is 30.0 Å². The van der Waals surface area contributed by atoms with E-state index in [1.54, 1.807) is 0 Å². The number of carbonyl (C=O) groups is 1. The van der Waals surface area contributed by atoms with Gasteiger partial charge in [-0.2, -0.15) is 0 Å². The number of hydrogen-bond donors (Lipinski definition) is 1. The molecule has 0 unspecified atom stereocenters. The van der Waals surface area contributed by atoms with Crippen molar-refractivity contribution in [2.24, 2.45) is 0 Å². The lowest BCUT2D eigenvalue weighted by Gasteiger charge is -2.09. The largest absolute Gasteiger partial charge is 0.324 e. The lowest BCUT2D eigenvalue weighted by atomic mass is 10.1. The molecule has 0 aliphatic heterocycles. The van der Waals surface area contributed by atoms with Crippen LogP contribution in [0.15, 0.2) is 53.7 Å². The third-order valence-electron chi connectivity index (χ3n) is 4.08. The molecule has 150 valence electrons. The molecule has 1 amide bonds. The van der Waals surface area contributed by atoms with Crippen LogP contribution in [0, 0.1) is 10.1 Å². The van der Waals surface area contributed by atoms with E-state index in [4.69, 9.17) is 11.6 Å². The van der Waals surface area contributed by atoms with Gasteiger partial charge in [0.05, 0.1) is 21.4 Å². The molecule has 0 fully saturated rings. The fraction of sp³-hybridized carbons (Fsp3) is 0.211. The number of carbonyl (C=O) groups excluding carboxylic acids is 1. The Bertz CT molecular complexity index is 1030. The lowest BCUT2D eigenvalue weighted by molar-refractivity contribution is -0.384. The molecule has 0 saturated heterocycles. The molecule has 3 aromatic rings. The summed E-state index contributed by atoms with van der Waals surface area (Å²) < 4.78 is 1.98. The fourth-order valence-corrected chi connectivity index (χ4v) is 3.73. The summed E-state index contributed by atoms with van der Waals surface area (Å²) in [5.41, 5.74) is 1.32. The van der Waals surface area contributed by atoms with Gasteiger partial charge in [0.15, 0.2) is 5.16 Å². The van der Waals surface area contributed by atoms with Crippen molar-refractivity contribution in [2.75, 3.05) is 11.1 Å². The zero-order chi connectivity index (χ0) is 20.8. The number of anilines is 1. The van der Waals surface area contributed by atoms with Gasteiger partial charge in [0.25, 0.3) is 5.69 Å². The molecule has 0 aliphatic rings. The van der Waals surface area contributed by atoms with Gasteiger partial charge >= 0.3 is 0 Å². The Morgan fingerprint density at radius 3 is 2.66 bits per heavy atom. The van der Waals surface area contributed by atoms with Crippen LogP contribution in [0.25, 0.3) is 0 Å². The van der Waals surface area contributed by atoms with Crippen LogP contribution in [-0.4, -0.2) is 31.3 Å². The molecule has 1 aromatic heterocycles. The van der Waals surface area contributed by atoms with Crippen LogP contribution in [0.4, 0.5) is 11.4 Å². The smallest absolute Gasteiger partial charge is 0.271 e. The summed E-state index contributed by atoms with van der Waals surface area (Å²) in [5, 5.41) is 22.7. The van der Waals surface area contributed by atoms with Gasteiger partial charge in [0.2, 0.25) is 5.91 Å². The summed E-state index contributed by atoms with van der Waals surface area (Å²) in [4.78, 5) is 22.5. The van der Waals surface area contributed by atoms with Crippen LogP contribution in [0.5, 0.6) is 0 Å². The van der Waals surface area contributed by atoms with E-state index in [0.29, 0.717) is 23.8 Å². The zero-order valence-electron chi connectivity index (χ0n) is 15.5. The maximum Gasteiger partial charge on any atom is 0.271 e. The van der Waals surface area contributed by atoms with E-state index in [2.05, 4.69) is 15.5 Å². The minimum Gasteiger partial charge on any atom is -0.324 e. The van der Waals surface area contributed by atoms with Crippen molar-refractivity contribution in [3.8, 4) is 0 Å². The number of nitrogens with zero attached hydrogens (tertiary/aromatic N) is 4. The van der Waals surface area contributed by atoms with Gasteiger partial charge in [-0.25, -0.2) is 0 Å². The first-order valence-corrected chi connectivity index (χ1v) is 10.2. The molecule has 2 aromatic carbocycles. The van der Waals surface area contributed by atoms with Crippen LogP contribution < -0.4 is 5.32 Å². The van der Waals surface area contributed by atoms with E-state index in [0.717, 1.165) is 11.4 Å². The minimum atomic E-state index is -0.544. The van der Waals surface area contributed by atoms with E-state index in [1.807, 2.05) is 41.8 Å². The number of rotatable bonds is 8. The first-order chi connectivity index (χ1) is 14.0. The molecular weight excluding hydrogens is 414 g/mol. The van der Waals surface area contributed by atoms with Gasteiger partial charge in [-0.15, -0.1) is 10.2 Å². The maximum absolute atomic E-state index is 12.3. The number of non-ortho nitro benzene ring substituents is 1. The fourth-order valence-electron chi connectivity index (χ4n) is 2.69. The molecule has 8 nitrogen and oxygen atoms in total. The van der Waals surface area contributed by atoms with Crippen molar-refractivity contribution in [1.29, 1.82) is 0 Å². The summed E-state index contributed by atoms with van der Waals surface area (Å²) in [6.45, 7) is 2.69. The molecule has 0 radical (unpaired) electrons. The summed E-state index contributed by atoms with van der Waals surface area (Å²) in [5.74, 6) is 0.651. The Kier molecular flexibility index (Phi) is 6.84. The van der Waals surface area contributed by atoms with Crippen molar-refractivity contribution in [1.82, 2.24) is 14.8 Å². The predicted octanol–water partition coefficient (Wildman–Crippen LogP) is 4.18. The van der Waals surface area contributed by atoms with Crippen molar-refractivity contribution in [3.05, 3.63) is 75.1 Å². The number of nitro groups is 1. The molecular formula is C19H18ClN5O3S. The van der Waals surface area contributed by atoms with Crippen molar-refractivity contribution < 1.29 is 9.72 Å².